The second kappa shape index (κ2) is 13.8. The molecule has 1 heterocycles. The summed E-state index contributed by atoms with van der Waals surface area (Å²) >= 11 is 0. The maximum absolute atomic E-state index is 12.7. The standard InChI is InChI=1S/C28H43NO6/c1-17-12-18(2)14-20(4)27(32)21(16-29)8-5-6-11-25(22-9-7-10-23(22)28(33)34)35-26(31)15-24(30)19(3)13-17/h5-6,8,17-20,22-25,27,30,32H,7,9-15H2,1-4H3,(H,33,34)/b6-5-,21-8+/t17-,18+,19-,20-,22+,23+,24-,25+,27-/m0/s1. The van der Waals surface area contributed by atoms with Crippen LogP contribution in [0.5, 0.6) is 0 Å². The summed E-state index contributed by atoms with van der Waals surface area (Å²) in [6, 6.07) is 2.10. The van der Waals surface area contributed by atoms with Gasteiger partial charge in [-0.15, -0.1) is 0 Å². The van der Waals surface area contributed by atoms with E-state index in [4.69, 9.17) is 4.74 Å². The van der Waals surface area contributed by atoms with Gasteiger partial charge in [0.25, 0.3) is 0 Å². The molecular formula is C28H43NO6. The van der Waals surface area contributed by atoms with Crippen molar-refractivity contribution in [1.82, 2.24) is 0 Å². The van der Waals surface area contributed by atoms with E-state index in [1.54, 1.807) is 18.2 Å². The van der Waals surface area contributed by atoms with E-state index in [0.717, 1.165) is 25.7 Å². The van der Waals surface area contributed by atoms with Crippen LogP contribution in [0.25, 0.3) is 0 Å². The molecule has 7 heteroatoms. The average molecular weight is 490 g/mol. The molecule has 2 aliphatic rings. The number of carboxylic acids is 1. The summed E-state index contributed by atoms with van der Waals surface area (Å²) in [5.74, 6) is -1.77. The summed E-state index contributed by atoms with van der Waals surface area (Å²) in [4.78, 5) is 24.5. The monoisotopic (exact) mass is 489 g/mol. The van der Waals surface area contributed by atoms with Crippen molar-refractivity contribution < 1.29 is 29.6 Å². The third kappa shape index (κ3) is 8.77. The summed E-state index contributed by atoms with van der Waals surface area (Å²) in [7, 11) is 0. The number of nitrogens with zero attached hydrogens (tertiary/aromatic N) is 1. The van der Waals surface area contributed by atoms with Gasteiger partial charge in [0.2, 0.25) is 0 Å². The minimum absolute atomic E-state index is 0.0816. The fourth-order valence-corrected chi connectivity index (χ4v) is 5.97. The van der Waals surface area contributed by atoms with Crippen molar-refractivity contribution in [3.8, 4) is 6.07 Å². The Morgan fingerprint density at radius 1 is 1.06 bits per heavy atom. The van der Waals surface area contributed by atoms with Crippen molar-refractivity contribution in [2.75, 3.05) is 0 Å². The quantitative estimate of drug-likeness (QED) is 0.482. The zero-order chi connectivity index (χ0) is 26.1. The molecule has 1 fully saturated rings. The number of aliphatic hydroxyl groups is 2. The van der Waals surface area contributed by atoms with Crippen LogP contribution in [0.1, 0.15) is 79.1 Å². The molecule has 0 saturated heterocycles. The summed E-state index contributed by atoms with van der Waals surface area (Å²) in [6.45, 7) is 8.16. The van der Waals surface area contributed by atoms with Gasteiger partial charge >= 0.3 is 11.9 Å². The van der Waals surface area contributed by atoms with Crippen LogP contribution in [0, 0.1) is 46.8 Å². The molecule has 0 spiro atoms. The van der Waals surface area contributed by atoms with Crippen LogP contribution in [0.4, 0.5) is 0 Å². The molecule has 1 aliphatic heterocycles. The van der Waals surface area contributed by atoms with Crippen molar-refractivity contribution in [3.63, 3.8) is 0 Å². The highest BCUT2D eigenvalue weighted by Crippen LogP contribution is 2.37. The Kier molecular flexibility index (Phi) is 11.5. The van der Waals surface area contributed by atoms with Crippen molar-refractivity contribution >= 4 is 11.9 Å². The summed E-state index contributed by atoms with van der Waals surface area (Å²) < 4.78 is 5.77. The molecule has 1 aliphatic carbocycles. The Hall–Kier alpha value is -2.17. The van der Waals surface area contributed by atoms with Crippen molar-refractivity contribution in [3.05, 3.63) is 23.8 Å². The van der Waals surface area contributed by atoms with E-state index in [9.17, 15) is 30.2 Å². The number of aliphatic hydroxyl groups excluding tert-OH is 2. The second-order valence-corrected chi connectivity index (χ2v) is 11.1. The van der Waals surface area contributed by atoms with Gasteiger partial charge in [0.1, 0.15) is 6.10 Å². The number of carbonyl (C=O) groups excluding carboxylic acids is 1. The SMILES string of the molecule is C[C@@H]1C[C@H](C)C[C@H](C)[C@@H](O)CC(=O)O[C@@H]([C@@H]2CCC[C@H]2C(=O)O)C/C=C\C=C(/C#N)[C@@H](O)[C@@H](C)C1. The summed E-state index contributed by atoms with van der Waals surface area (Å²) in [6.07, 6.45) is 7.33. The van der Waals surface area contributed by atoms with Gasteiger partial charge in [-0.2, -0.15) is 5.26 Å². The minimum Gasteiger partial charge on any atom is -0.481 e. The summed E-state index contributed by atoms with van der Waals surface area (Å²) in [5, 5.41) is 40.6. The van der Waals surface area contributed by atoms with Crippen molar-refractivity contribution in [2.24, 2.45) is 35.5 Å². The van der Waals surface area contributed by atoms with Crippen LogP contribution < -0.4 is 0 Å². The first-order chi connectivity index (χ1) is 16.5. The lowest BCUT2D eigenvalue weighted by atomic mass is 9.82. The molecule has 2 rings (SSSR count). The largest absolute Gasteiger partial charge is 0.481 e. The molecule has 3 N–H and O–H groups in total. The topological polar surface area (TPSA) is 128 Å². The Morgan fingerprint density at radius 3 is 2.34 bits per heavy atom. The number of allylic oxidation sites excluding steroid dienone is 2. The average Bonchev–Trinajstić information content (AvgIpc) is 3.27. The Labute approximate surface area is 209 Å². The molecule has 1 saturated carbocycles. The molecule has 0 aromatic carbocycles. The normalized spacial score (nSPS) is 40.9. The molecule has 0 aromatic rings. The summed E-state index contributed by atoms with van der Waals surface area (Å²) in [5.41, 5.74) is 0.282. The number of hydrogen-bond donors (Lipinski definition) is 3. The molecule has 0 aromatic heterocycles. The number of ether oxygens (including phenoxy) is 1. The first-order valence-electron chi connectivity index (χ1n) is 13.1. The minimum atomic E-state index is -0.882. The van der Waals surface area contributed by atoms with Gasteiger partial charge < -0.3 is 20.1 Å². The van der Waals surface area contributed by atoms with Crippen LogP contribution >= 0.6 is 0 Å². The second-order valence-electron chi connectivity index (χ2n) is 11.1. The molecule has 0 bridgehead atoms. The Bertz CT molecular complexity index is 815. The zero-order valence-corrected chi connectivity index (χ0v) is 21.6. The van der Waals surface area contributed by atoms with E-state index in [1.807, 2.05) is 13.8 Å². The smallest absolute Gasteiger partial charge is 0.308 e. The fourth-order valence-electron chi connectivity index (χ4n) is 5.97. The van der Waals surface area contributed by atoms with E-state index in [2.05, 4.69) is 19.9 Å². The van der Waals surface area contributed by atoms with Crippen LogP contribution in [0.3, 0.4) is 0 Å². The van der Waals surface area contributed by atoms with Crippen molar-refractivity contribution in [1.29, 1.82) is 5.26 Å². The van der Waals surface area contributed by atoms with Gasteiger partial charge in [0, 0.05) is 12.3 Å². The van der Waals surface area contributed by atoms with Crippen LogP contribution in [0.2, 0.25) is 0 Å². The maximum atomic E-state index is 12.7. The fraction of sp³-hybridized carbons (Fsp3) is 0.750. The molecule has 196 valence electrons. The maximum Gasteiger partial charge on any atom is 0.308 e. The third-order valence-corrected chi connectivity index (χ3v) is 7.80. The lowest BCUT2D eigenvalue weighted by molar-refractivity contribution is -0.159. The molecule has 9 atom stereocenters. The number of hydrogen-bond acceptors (Lipinski definition) is 6. The predicted octanol–water partition coefficient (Wildman–Crippen LogP) is 4.64. The molecule has 0 unspecified atom stereocenters. The van der Waals surface area contributed by atoms with E-state index in [-0.39, 0.29) is 29.7 Å². The number of esters is 1. The lowest BCUT2D eigenvalue weighted by Crippen LogP contribution is -2.34. The molecule has 0 amide bonds. The van der Waals surface area contributed by atoms with Crippen LogP contribution in [-0.2, 0) is 14.3 Å². The van der Waals surface area contributed by atoms with Crippen LogP contribution in [0.15, 0.2) is 23.8 Å². The van der Waals surface area contributed by atoms with Gasteiger partial charge in [-0.05, 0) is 61.9 Å². The predicted molar refractivity (Wildman–Crippen MR) is 133 cm³/mol. The van der Waals surface area contributed by atoms with E-state index in [1.165, 1.54) is 0 Å². The highest BCUT2D eigenvalue weighted by atomic mass is 16.5. The number of carboxylic acid groups (broad SMARTS) is 1. The first-order valence-corrected chi connectivity index (χ1v) is 13.1. The molecule has 7 nitrogen and oxygen atoms in total. The molecular weight excluding hydrogens is 446 g/mol. The number of rotatable bonds is 2. The molecule has 35 heavy (non-hydrogen) atoms. The zero-order valence-electron chi connectivity index (χ0n) is 21.6. The number of nitriles is 1. The first kappa shape index (κ1) is 29.1. The highest BCUT2D eigenvalue weighted by molar-refractivity contribution is 5.72. The van der Waals surface area contributed by atoms with E-state index >= 15 is 0 Å². The van der Waals surface area contributed by atoms with Crippen molar-refractivity contribution in [2.45, 2.75) is 97.4 Å². The third-order valence-electron chi connectivity index (χ3n) is 7.80. The van der Waals surface area contributed by atoms with Gasteiger partial charge in [0.15, 0.2) is 0 Å². The molecule has 0 radical (unpaired) electrons. The van der Waals surface area contributed by atoms with Gasteiger partial charge in [-0.25, -0.2) is 0 Å². The van der Waals surface area contributed by atoms with E-state index < -0.39 is 36.2 Å². The Morgan fingerprint density at radius 2 is 1.71 bits per heavy atom. The van der Waals surface area contributed by atoms with Crippen LogP contribution in [-0.4, -0.2) is 45.6 Å². The number of cyclic esters (lactones) is 1. The highest BCUT2D eigenvalue weighted by Gasteiger charge is 2.39. The number of aliphatic carboxylic acids is 1. The van der Waals surface area contributed by atoms with Gasteiger partial charge in [-0.1, -0.05) is 46.3 Å². The van der Waals surface area contributed by atoms with E-state index in [0.29, 0.717) is 31.1 Å². The number of carbonyl (C=O) groups is 2. The lowest BCUT2D eigenvalue weighted by Gasteiger charge is -2.28. The van der Waals surface area contributed by atoms with Gasteiger partial charge in [-0.3, -0.25) is 9.59 Å². The Balaban J connectivity index is 2.30. The van der Waals surface area contributed by atoms with Gasteiger partial charge in [0.05, 0.1) is 36.2 Å².